The first kappa shape index (κ1) is 6.86. The average Bonchev–Trinajstić information content (AvgIpc) is 2.33. The van der Waals surface area contributed by atoms with E-state index in [9.17, 15) is 0 Å². The van der Waals surface area contributed by atoms with Crippen molar-refractivity contribution in [1.29, 1.82) is 0 Å². The minimum Gasteiger partial charge on any atom is -0.144 e. The van der Waals surface area contributed by atoms with Gasteiger partial charge >= 0.3 is 0 Å². The van der Waals surface area contributed by atoms with E-state index in [4.69, 9.17) is 0 Å². The Morgan fingerprint density at radius 1 is 1.36 bits per heavy atom. The van der Waals surface area contributed by atoms with Gasteiger partial charge in [-0.05, 0) is 41.8 Å². The SMILES string of the molecule is [CH2]c1ccc2scc(C)c2c1. The van der Waals surface area contributed by atoms with Gasteiger partial charge in [0.05, 0.1) is 0 Å². The van der Waals surface area contributed by atoms with Gasteiger partial charge in [0, 0.05) is 4.70 Å². The number of hydrogen-bond donors (Lipinski definition) is 0. The first-order chi connectivity index (χ1) is 5.27. The zero-order valence-electron chi connectivity index (χ0n) is 6.42. The van der Waals surface area contributed by atoms with Gasteiger partial charge in [-0.1, -0.05) is 12.1 Å². The molecule has 0 fully saturated rings. The molecule has 0 amide bonds. The summed E-state index contributed by atoms with van der Waals surface area (Å²) in [6.45, 7) is 6.03. The Bertz CT molecular complexity index is 385. The first-order valence-electron chi connectivity index (χ1n) is 3.57. The lowest BCUT2D eigenvalue weighted by molar-refractivity contribution is 1.58. The molecule has 1 aromatic heterocycles. The second kappa shape index (κ2) is 2.35. The zero-order chi connectivity index (χ0) is 7.84. The Morgan fingerprint density at radius 3 is 3.00 bits per heavy atom. The molecule has 0 aliphatic heterocycles. The summed E-state index contributed by atoms with van der Waals surface area (Å²) in [7, 11) is 0. The highest BCUT2D eigenvalue weighted by Gasteiger charge is 1.98. The largest absolute Gasteiger partial charge is 0.144 e. The Labute approximate surface area is 70.5 Å². The molecule has 0 N–H and O–H groups in total. The molecule has 0 unspecified atom stereocenters. The number of thiophene rings is 1. The Balaban J connectivity index is 2.87. The van der Waals surface area contributed by atoms with Crippen molar-refractivity contribution in [2.45, 2.75) is 6.92 Å². The first-order valence-corrected chi connectivity index (χ1v) is 4.45. The topological polar surface area (TPSA) is 0 Å². The van der Waals surface area contributed by atoms with Crippen LogP contribution >= 0.6 is 11.3 Å². The smallest absolute Gasteiger partial charge is 0.0345 e. The van der Waals surface area contributed by atoms with Crippen molar-refractivity contribution >= 4 is 21.4 Å². The van der Waals surface area contributed by atoms with Gasteiger partial charge in [-0.2, -0.15) is 0 Å². The van der Waals surface area contributed by atoms with Crippen LogP contribution in [-0.4, -0.2) is 0 Å². The van der Waals surface area contributed by atoms with Crippen molar-refractivity contribution in [3.05, 3.63) is 41.6 Å². The lowest BCUT2D eigenvalue weighted by Gasteiger charge is -1.92. The molecule has 55 valence electrons. The molecule has 1 heteroatoms. The third kappa shape index (κ3) is 1.05. The standard InChI is InChI=1S/C10H9S/c1-7-3-4-10-9(5-7)8(2)6-11-10/h3-6H,1H2,2H3. The molecule has 0 aliphatic carbocycles. The molecule has 1 aromatic carbocycles. The summed E-state index contributed by atoms with van der Waals surface area (Å²) in [6, 6.07) is 6.33. The lowest BCUT2D eigenvalue weighted by Crippen LogP contribution is -1.70. The van der Waals surface area contributed by atoms with Crippen LogP contribution in [0.4, 0.5) is 0 Å². The van der Waals surface area contributed by atoms with Gasteiger partial charge in [-0.25, -0.2) is 0 Å². The van der Waals surface area contributed by atoms with Crippen molar-refractivity contribution in [2.75, 3.05) is 0 Å². The molecule has 0 aliphatic rings. The maximum Gasteiger partial charge on any atom is 0.0345 e. The van der Waals surface area contributed by atoms with E-state index in [1.54, 1.807) is 11.3 Å². The minimum atomic E-state index is 1.10. The monoisotopic (exact) mass is 161 g/mol. The summed E-state index contributed by atoms with van der Waals surface area (Å²) >= 11 is 1.79. The van der Waals surface area contributed by atoms with Crippen LogP contribution in [0.1, 0.15) is 11.1 Å². The van der Waals surface area contributed by atoms with Gasteiger partial charge in [0.2, 0.25) is 0 Å². The average molecular weight is 161 g/mol. The van der Waals surface area contributed by atoms with E-state index in [-0.39, 0.29) is 0 Å². The van der Waals surface area contributed by atoms with Crippen molar-refractivity contribution in [2.24, 2.45) is 0 Å². The van der Waals surface area contributed by atoms with Crippen LogP contribution in [0.3, 0.4) is 0 Å². The third-order valence-electron chi connectivity index (χ3n) is 1.83. The highest BCUT2D eigenvalue weighted by Crippen LogP contribution is 2.25. The van der Waals surface area contributed by atoms with E-state index in [0.717, 1.165) is 5.56 Å². The lowest BCUT2D eigenvalue weighted by atomic mass is 10.1. The predicted octanol–water partition coefficient (Wildman–Crippen LogP) is 3.39. The molecule has 0 saturated carbocycles. The highest BCUT2D eigenvalue weighted by atomic mass is 32.1. The molecule has 1 heterocycles. The second-order valence-electron chi connectivity index (χ2n) is 2.75. The Morgan fingerprint density at radius 2 is 2.18 bits per heavy atom. The van der Waals surface area contributed by atoms with Crippen LogP contribution in [0, 0.1) is 13.8 Å². The fourth-order valence-corrected chi connectivity index (χ4v) is 2.13. The van der Waals surface area contributed by atoms with Gasteiger partial charge in [-0.15, -0.1) is 11.3 Å². The molecular weight excluding hydrogens is 152 g/mol. The van der Waals surface area contributed by atoms with Crippen molar-refractivity contribution in [1.82, 2.24) is 0 Å². The van der Waals surface area contributed by atoms with Crippen LogP contribution in [0.2, 0.25) is 0 Å². The summed E-state index contributed by atoms with van der Waals surface area (Å²) in [4.78, 5) is 0. The molecule has 0 atom stereocenters. The molecule has 0 saturated heterocycles. The summed E-state index contributed by atoms with van der Waals surface area (Å²) in [6.07, 6.45) is 0. The van der Waals surface area contributed by atoms with Crippen molar-refractivity contribution in [3.8, 4) is 0 Å². The third-order valence-corrected chi connectivity index (χ3v) is 2.91. The minimum absolute atomic E-state index is 1.10. The molecular formula is C10H9S. The number of benzene rings is 1. The molecule has 11 heavy (non-hydrogen) atoms. The summed E-state index contributed by atoms with van der Waals surface area (Å²) in [5.41, 5.74) is 2.45. The van der Waals surface area contributed by atoms with Gasteiger partial charge in [0.1, 0.15) is 0 Å². The van der Waals surface area contributed by atoms with Crippen LogP contribution in [0.15, 0.2) is 23.6 Å². The summed E-state index contributed by atoms with van der Waals surface area (Å²) < 4.78 is 1.36. The fourth-order valence-electron chi connectivity index (χ4n) is 1.20. The van der Waals surface area contributed by atoms with E-state index in [0.29, 0.717) is 0 Å². The molecule has 0 spiro atoms. The highest BCUT2D eigenvalue weighted by molar-refractivity contribution is 7.17. The van der Waals surface area contributed by atoms with Gasteiger partial charge in [0.15, 0.2) is 0 Å². The van der Waals surface area contributed by atoms with Crippen LogP contribution < -0.4 is 0 Å². The number of hydrogen-bond acceptors (Lipinski definition) is 1. The molecule has 0 nitrogen and oxygen atoms in total. The number of rotatable bonds is 0. The normalized spacial score (nSPS) is 10.7. The Hall–Kier alpha value is -0.820. The molecule has 2 aromatic rings. The van der Waals surface area contributed by atoms with Gasteiger partial charge < -0.3 is 0 Å². The summed E-state index contributed by atoms with van der Waals surface area (Å²) in [5.74, 6) is 0. The predicted molar refractivity (Wildman–Crippen MR) is 51.0 cm³/mol. The van der Waals surface area contributed by atoms with E-state index in [1.165, 1.54) is 15.6 Å². The zero-order valence-corrected chi connectivity index (χ0v) is 7.24. The van der Waals surface area contributed by atoms with E-state index < -0.39 is 0 Å². The maximum atomic E-state index is 3.90. The number of fused-ring (bicyclic) bond motifs is 1. The van der Waals surface area contributed by atoms with E-state index in [1.807, 2.05) is 0 Å². The van der Waals surface area contributed by atoms with Gasteiger partial charge in [-0.3, -0.25) is 0 Å². The maximum absolute atomic E-state index is 3.90. The fraction of sp³-hybridized carbons (Fsp3) is 0.100. The molecule has 0 bridgehead atoms. The van der Waals surface area contributed by atoms with Crippen LogP contribution in [0.25, 0.3) is 10.1 Å². The number of aryl methyl sites for hydroxylation is 1. The quantitative estimate of drug-likeness (QED) is 0.555. The van der Waals surface area contributed by atoms with E-state index >= 15 is 0 Å². The van der Waals surface area contributed by atoms with Crippen LogP contribution in [-0.2, 0) is 0 Å². The van der Waals surface area contributed by atoms with Crippen LogP contribution in [0.5, 0.6) is 0 Å². The Kier molecular flexibility index (Phi) is 1.46. The van der Waals surface area contributed by atoms with Crippen molar-refractivity contribution < 1.29 is 0 Å². The molecule has 1 radical (unpaired) electrons. The summed E-state index contributed by atoms with van der Waals surface area (Å²) in [5, 5.41) is 3.53. The van der Waals surface area contributed by atoms with Crippen molar-refractivity contribution in [3.63, 3.8) is 0 Å². The van der Waals surface area contributed by atoms with E-state index in [2.05, 4.69) is 37.4 Å². The second-order valence-corrected chi connectivity index (χ2v) is 3.66. The van der Waals surface area contributed by atoms with Gasteiger partial charge in [0.25, 0.3) is 0 Å². The molecule has 2 rings (SSSR count).